The summed E-state index contributed by atoms with van der Waals surface area (Å²) in [5.74, 6) is 1.33. The Balaban J connectivity index is 1.54. The summed E-state index contributed by atoms with van der Waals surface area (Å²) in [4.78, 5) is 27.9. The molecule has 0 radical (unpaired) electrons. The van der Waals surface area contributed by atoms with Crippen molar-refractivity contribution in [2.75, 3.05) is 30.8 Å². The molecule has 0 bridgehead atoms. The lowest BCUT2D eigenvalue weighted by Gasteiger charge is -2.25. The zero-order valence-corrected chi connectivity index (χ0v) is 14.4. The maximum absolute atomic E-state index is 13.0. The highest BCUT2D eigenvalue weighted by molar-refractivity contribution is 7.99. The van der Waals surface area contributed by atoms with Gasteiger partial charge in [-0.1, -0.05) is 0 Å². The van der Waals surface area contributed by atoms with Gasteiger partial charge in [0.2, 0.25) is 5.91 Å². The van der Waals surface area contributed by atoms with Crippen LogP contribution < -0.4 is 5.32 Å². The van der Waals surface area contributed by atoms with E-state index >= 15 is 0 Å². The first-order valence-corrected chi connectivity index (χ1v) is 9.64. The summed E-state index contributed by atoms with van der Waals surface area (Å²) < 4.78 is 5.46. The molecule has 0 spiro atoms. The number of rotatable bonds is 4. The number of fused-ring (bicyclic) bond motifs is 1. The molecule has 2 aliphatic heterocycles. The molecule has 0 aromatic heterocycles. The summed E-state index contributed by atoms with van der Waals surface area (Å²) >= 11 is 1.66. The molecule has 2 fully saturated rings. The summed E-state index contributed by atoms with van der Waals surface area (Å²) in [6.07, 6.45) is 3.74. The molecular weight excluding hydrogens is 324 g/mol. The van der Waals surface area contributed by atoms with Crippen LogP contribution in [0.15, 0.2) is 23.1 Å². The van der Waals surface area contributed by atoms with Crippen LogP contribution in [0.25, 0.3) is 0 Å². The van der Waals surface area contributed by atoms with Gasteiger partial charge in [-0.05, 0) is 37.5 Å². The van der Waals surface area contributed by atoms with Crippen molar-refractivity contribution in [2.45, 2.75) is 36.6 Å². The molecule has 2 heterocycles. The fourth-order valence-electron chi connectivity index (χ4n) is 3.31. The summed E-state index contributed by atoms with van der Waals surface area (Å²) in [7, 11) is 0. The smallest absolute Gasteiger partial charge is 0.254 e. The average molecular weight is 346 g/mol. The highest BCUT2D eigenvalue weighted by Crippen LogP contribution is 2.34. The molecule has 1 saturated heterocycles. The van der Waals surface area contributed by atoms with Gasteiger partial charge < -0.3 is 15.0 Å². The second-order valence-electron chi connectivity index (χ2n) is 6.78. The molecule has 1 aromatic carbocycles. The number of anilines is 1. The normalized spacial score (nSPS) is 23.3. The first-order chi connectivity index (χ1) is 11.7. The van der Waals surface area contributed by atoms with Gasteiger partial charge in [0.25, 0.3) is 5.91 Å². The van der Waals surface area contributed by atoms with Crippen LogP contribution in [0.3, 0.4) is 0 Å². The number of hydrogen-bond donors (Lipinski definition) is 1. The van der Waals surface area contributed by atoms with Crippen LogP contribution in [-0.4, -0.2) is 48.3 Å². The van der Waals surface area contributed by atoms with E-state index in [1.165, 1.54) is 0 Å². The number of amides is 2. The number of carbonyl (C=O) groups excluding carboxylic acids is 2. The zero-order chi connectivity index (χ0) is 16.5. The van der Waals surface area contributed by atoms with E-state index in [-0.39, 0.29) is 11.8 Å². The third-order valence-electron chi connectivity index (χ3n) is 4.81. The topological polar surface area (TPSA) is 58.6 Å². The summed E-state index contributed by atoms with van der Waals surface area (Å²) in [5.41, 5.74) is 1.44. The van der Waals surface area contributed by atoms with Crippen molar-refractivity contribution in [3.8, 4) is 0 Å². The maximum Gasteiger partial charge on any atom is 0.254 e. The van der Waals surface area contributed by atoms with Gasteiger partial charge in [-0.15, -0.1) is 11.8 Å². The molecule has 3 aliphatic rings. The van der Waals surface area contributed by atoms with Crippen LogP contribution in [0.2, 0.25) is 0 Å². The van der Waals surface area contributed by atoms with Crippen molar-refractivity contribution in [3.63, 3.8) is 0 Å². The summed E-state index contributed by atoms with van der Waals surface area (Å²) in [6, 6.07) is 6.07. The van der Waals surface area contributed by atoms with E-state index < -0.39 is 0 Å². The standard InChI is InChI=1S/C18H22N2O3S/c21-17-6-8-24-16-4-1-13(9-15(16)19-17)18(22)20(14-2-3-14)10-12-5-7-23-11-12/h1,4,9,12,14H,2-3,5-8,10-11H2,(H,19,21)/t12-/m0/s1. The van der Waals surface area contributed by atoms with Crippen molar-refractivity contribution in [2.24, 2.45) is 5.92 Å². The van der Waals surface area contributed by atoms with Gasteiger partial charge in [0, 0.05) is 47.7 Å². The molecule has 1 aromatic rings. The van der Waals surface area contributed by atoms with Gasteiger partial charge in [0.1, 0.15) is 0 Å². The lowest BCUT2D eigenvalue weighted by atomic mass is 10.1. The predicted molar refractivity (Wildman–Crippen MR) is 93.4 cm³/mol. The highest BCUT2D eigenvalue weighted by atomic mass is 32.2. The van der Waals surface area contributed by atoms with E-state index in [1.54, 1.807) is 11.8 Å². The molecule has 1 saturated carbocycles. The Kier molecular flexibility index (Phi) is 4.50. The first kappa shape index (κ1) is 16.0. The Labute approximate surface area is 146 Å². The van der Waals surface area contributed by atoms with Crippen LogP contribution in [0.5, 0.6) is 0 Å². The van der Waals surface area contributed by atoms with Crippen LogP contribution in [-0.2, 0) is 9.53 Å². The molecule has 6 heteroatoms. The molecule has 4 rings (SSSR count). The molecular formula is C18H22N2O3S. The fraction of sp³-hybridized carbons (Fsp3) is 0.556. The molecule has 5 nitrogen and oxygen atoms in total. The number of benzene rings is 1. The zero-order valence-electron chi connectivity index (χ0n) is 13.6. The van der Waals surface area contributed by atoms with Crippen LogP contribution in [0.4, 0.5) is 5.69 Å². The second kappa shape index (κ2) is 6.76. The second-order valence-corrected chi connectivity index (χ2v) is 7.91. The van der Waals surface area contributed by atoms with Crippen LogP contribution >= 0.6 is 11.8 Å². The molecule has 1 aliphatic carbocycles. The van der Waals surface area contributed by atoms with Crippen molar-refractivity contribution < 1.29 is 14.3 Å². The Hall–Kier alpha value is -1.53. The third kappa shape index (κ3) is 3.44. The van der Waals surface area contributed by atoms with Crippen molar-refractivity contribution in [1.29, 1.82) is 0 Å². The van der Waals surface area contributed by atoms with Crippen molar-refractivity contribution in [3.05, 3.63) is 23.8 Å². The number of carbonyl (C=O) groups is 2. The Bertz CT molecular complexity index is 654. The molecule has 1 N–H and O–H groups in total. The maximum atomic E-state index is 13.0. The molecule has 0 unspecified atom stereocenters. The fourth-order valence-corrected chi connectivity index (χ4v) is 4.25. The Morgan fingerprint density at radius 2 is 2.21 bits per heavy atom. The van der Waals surface area contributed by atoms with E-state index in [0.717, 1.165) is 55.4 Å². The van der Waals surface area contributed by atoms with Gasteiger partial charge in [0.05, 0.1) is 12.3 Å². The number of nitrogens with one attached hydrogen (secondary N) is 1. The highest BCUT2D eigenvalue weighted by Gasteiger charge is 2.35. The molecule has 128 valence electrons. The number of nitrogens with zero attached hydrogens (tertiary/aromatic N) is 1. The van der Waals surface area contributed by atoms with E-state index in [1.807, 2.05) is 23.1 Å². The van der Waals surface area contributed by atoms with E-state index in [9.17, 15) is 9.59 Å². The summed E-state index contributed by atoms with van der Waals surface area (Å²) in [6.45, 7) is 2.34. The molecule has 24 heavy (non-hydrogen) atoms. The predicted octanol–water partition coefficient (Wildman–Crippen LogP) is 2.76. The lowest BCUT2D eigenvalue weighted by Crippen LogP contribution is -2.37. The van der Waals surface area contributed by atoms with Crippen LogP contribution in [0, 0.1) is 5.92 Å². The largest absolute Gasteiger partial charge is 0.381 e. The number of hydrogen-bond acceptors (Lipinski definition) is 4. The number of ether oxygens (including phenoxy) is 1. The minimum Gasteiger partial charge on any atom is -0.381 e. The minimum atomic E-state index is 0.0213. The van der Waals surface area contributed by atoms with E-state index in [4.69, 9.17) is 4.74 Å². The van der Waals surface area contributed by atoms with Crippen LogP contribution in [0.1, 0.15) is 36.0 Å². The molecule has 2 amide bonds. The van der Waals surface area contributed by atoms with E-state index in [0.29, 0.717) is 23.9 Å². The lowest BCUT2D eigenvalue weighted by molar-refractivity contribution is -0.115. The van der Waals surface area contributed by atoms with Gasteiger partial charge in [-0.25, -0.2) is 0 Å². The van der Waals surface area contributed by atoms with E-state index in [2.05, 4.69) is 5.32 Å². The average Bonchev–Trinajstić information content (AvgIpc) is 3.32. The SMILES string of the molecule is O=C1CCSc2ccc(C(=O)N(C[C@@H]3CCOC3)C3CC3)cc2N1. The Morgan fingerprint density at radius 3 is 2.96 bits per heavy atom. The Morgan fingerprint density at radius 1 is 1.33 bits per heavy atom. The molecule has 1 atom stereocenters. The summed E-state index contributed by atoms with van der Waals surface area (Å²) in [5, 5.41) is 2.92. The number of thioether (sulfide) groups is 1. The van der Waals surface area contributed by atoms with Gasteiger partial charge in [-0.2, -0.15) is 0 Å². The monoisotopic (exact) mass is 346 g/mol. The first-order valence-electron chi connectivity index (χ1n) is 8.66. The quantitative estimate of drug-likeness (QED) is 0.911. The van der Waals surface area contributed by atoms with Gasteiger partial charge in [-0.3, -0.25) is 9.59 Å². The van der Waals surface area contributed by atoms with Crippen molar-refractivity contribution >= 4 is 29.3 Å². The van der Waals surface area contributed by atoms with Crippen molar-refractivity contribution in [1.82, 2.24) is 4.90 Å². The third-order valence-corrected chi connectivity index (χ3v) is 5.89. The van der Waals surface area contributed by atoms with Gasteiger partial charge >= 0.3 is 0 Å². The van der Waals surface area contributed by atoms with Gasteiger partial charge in [0.15, 0.2) is 0 Å². The minimum absolute atomic E-state index is 0.0213.